The Hall–Kier alpha value is -1.80. The van der Waals surface area contributed by atoms with Crippen LogP contribution in [0.4, 0.5) is 4.39 Å². The SMILES string of the molecule is Cc1ccc(F)c(-c2nnc(S(N)(=O)=O)n2C2CC2)c1. The maximum Gasteiger partial charge on any atom is 0.273 e. The maximum absolute atomic E-state index is 14.0. The van der Waals surface area contributed by atoms with Crippen molar-refractivity contribution in [2.24, 2.45) is 5.14 Å². The van der Waals surface area contributed by atoms with Crippen LogP contribution in [0.5, 0.6) is 0 Å². The Balaban J connectivity index is 2.25. The Kier molecular flexibility index (Phi) is 2.87. The van der Waals surface area contributed by atoms with Crippen LogP contribution in [0.3, 0.4) is 0 Å². The van der Waals surface area contributed by atoms with E-state index < -0.39 is 15.8 Å². The fourth-order valence-electron chi connectivity index (χ4n) is 2.13. The fourth-order valence-corrected chi connectivity index (χ4v) is 2.79. The summed E-state index contributed by atoms with van der Waals surface area (Å²) in [6, 6.07) is 4.54. The number of nitrogens with two attached hydrogens (primary N) is 1. The minimum Gasteiger partial charge on any atom is -0.294 e. The molecule has 1 aliphatic rings. The quantitative estimate of drug-likeness (QED) is 0.926. The van der Waals surface area contributed by atoms with Gasteiger partial charge in [-0.3, -0.25) is 4.57 Å². The maximum atomic E-state index is 14.0. The average Bonchev–Trinajstić information content (AvgIpc) is 3.09. The zero-order valence-electron chi connectivity index (χ0n) is 10.7. The monoisotopic (exact) mass is 296 g/mol. The van der Waals surface area contributed by atoms with Crippen LogP contribution in [0.15, 0.2) is 23.4 Å². The summed E-state index contributed by atoms with van der Waals surface area (Å²) < 4.78 is 38.5. The van der Waals surface area contributed by atoms with E-state index in [9.17, 15) is 12.8 Å². The number of rotatable bonds is 3. The molecular formula is C12H13FN4O2S. The van der Waals surface area contributed by atoms with Crippen molar-refractivity contribution in [3.63, 3.8) is 0 Å². The van der Waals surface area contributed by atoms with Gasteiger partial charge in [-0.25, -0.2) is 17.9 Å². The highest BCUT2D eigenvalue weighted by Gasteiger charge is 2.34. The number of hydrogen-bond donors (Lipinski definition) is 1. The highest BCUT2D eigenvalue weighted by molar-refractivity contribution is 7.89. The van der Waals surface area contributed by atoms with Crippen LogP contribution in [0.25, 0.3) is 11.4 Å². The van der Waals surface area contributed by atoms with Crippen molar-refractivity contribution in [3.05, 3.63) is 29.6 Å². The zero-order valence-corrected chi connectivity index (χ0v) is 11.6. The van der Waals surface area contributed by atoms with Crippen molar-refractivity contribution in [1.82, 2.24) is 14.8 Å². The Morgan fingerprint density at radius 1 is 1.35 bits per heavy atom. The molecule has 2 N–H and O–H groups in total. The molecule has 0 radical (unpaired) electrons. The number of benzene rings is 1. The minimum atomic E-state index is -3.98. The summed E-state index contributed by atoms with van der Waals surface area (Å²) in [4.78, 5) is 0. The fraction of sp³-hybridized carbons (Fsp3) is 0.333. The first-order valence-electron chi connectivity index (χ1n) is 6.12. The Bertz CT molecular complexity index is 781. The minimum absolute atomic E-state index is 0.0340. The molecule has 0 amide bonds. The third-order valence-electron chi connectivity index (χ3n) is 3.19. The van der Waals surface area contributed by atoms with Crippen LogP contribution in [-0.2, 0) is 10.0 Å². The standard InChI is InChI=1S/C12H13FN4O2S/c1-7-2-5-10(13)9(6-7)11-15-16-12(20(14,18)19)17(11)8-3-4-8/h2,5-6,8H,3-4H2,1H3,(H2,14,18,19). The lowest BCUT2D eigenvalue weighted by Gasteiger charge is -2.09. The summed E-state index contributed by atoms with van der Waals surface area (Å²) in [7, 11) is -3.98. The molecule has 2 aromatic rings. The van der Waals surface area contributed by atoms with Crippen molar-refractivity contribution < 1.29 is 12.8 Å². The number of hydrogen-bond acceptors (Lipinski definition) is 4. The predicted octanol–water partition coefficient (Wildman–Crippen LogP) is 1.37. The first-order chi connectivity index (χ1) is 9.38. The lowest BCUT2D eigenvalue weighted by atomic mass is 10.1. The van der Waals surface area contributed by atoms with Crippen molar-refractivity contribution in [2.45, 2.75) is 31.0 Å². The van der Waals surface area contributed by atoms with Crippen LogP contribution in [0.1, 0.15) is 24.4 Å². The molecule has 1 saturated carbocycles. The summed E-state index contributed by atoms with van der Waals surface area (Å²) >= 11 is 0. The molecule has 106 valence electrons. The van der Waals surface area contributed by atoms with Gasteiger partial charge in [-0.2, -0.15) is 0 Å². The second-order valence-electron chi connectivity index (χ2n) is 4.94. The van der Waals surface area contributed by atoms with E-state index in [1.165, 1.54) is 10.6 Å². The van der Waals surface area contributed by atoms with E-state index in [-0.39, 0.29) is 22.6 Å². The molecule has 6 nitrogen and oxygen atoms in total. The van der Waals surface area contributed by atoms with Gasteiger partial charge in [0.15, 0.2) is 5.82 Å². The molecule has 1 heterocycles. The van der Waals surface area contributed by atoms with Gasteiger partial charge in [0.05, 0.1) is 5.56 Å². The van der Waals surface area contributed by atoms with E-state index in [1.807, 2.05) is 6.92 Å². The molecule has 0 spiro atoms. The molecule has 0 atom stereocenters. The van der Waals surface area contributed by atoms with Crippen LogP contribution < -0.4 is 5.14 Å². The van der Waals surface area contributed by atoms with Gasteiger partial charge in [0.2, 0.25) is 0 Å². The van der Waals surface area contributed by atoms with Crippen LogP contribution in [0.2, 0.25) is 0 Å². The van der Waals surface area contributed by atoms with Gasteiger partial charge in [0.25, 0.3) is 15.2 Å². The van der Waals surface area contributed by atoms with Gasteiger partial charge in [-0.05, 0) is 31.9 Å². The van der Waals surface area contributed by atoms with Gasteiger partial charge in [0.1, 0.15) is 5.82 Å². The van der Waals surface area contributed by atoms with Crippen molar-refractivity contribution in [1.29, 1.82) is 0 Å². The number of halogens is 1. The molecule has 1 aliphatic carbocycles. The molecule has 1 aromatic carbocycles. The second-order valence-corrected chi connectivity index (χ2v) is 6.39. The Labute approximate surface area is 115 Å². The van der Waals surface area contributed by atoms with Gasteiger partial charge in [-0.15, -0.1) is 10.2 Å². The van der Waals surface area contributed by atoms with E-state index >= 15 is 0 Å². The molecule has 0 unspecified atom stereocenters. The molecule has 0 saturated heterocycles. The summed E-state index contributed by atoms with van der Waals surface area (Å²) in [5.74, 6) is -0.261. The highest BCUT2D eigenvalue weighted by atomic mass is 32.2. The number of sulfonamides is 1. The largest absolute Gasteiger partial charge is 0.294 e. The molecule has 8 heteroatoms. The number of aryl methyl sites for hydroxylation is 1. The van der Waals surface area contributed by atoms with Crippen LogP contribution >= 0.6 is 0 Å². The van der Waals surface area contributed by atoms with Gasteiger partial charge in [0, 0.05) is 6.04 Å². The molecule has 1 aromatic heterocycles. The molecule has 0 aliphatic heterocycles. The Morgan fingerprint density at radius 2 is 2.05 bits per heavy atom. The Morgan fingerprint density at radius 3 is 2.65 bits per heavy atom. The average molecular weight is 296 g/mol. The molecule has 0 bridgehead atoms. The summed E-state index contributed by atoms with van der Waals surface area (Å²) in [5, 5.41) is 12.3. The first kappa shape index (κ1) is 13.2. The highest BCUT2D eigenvalue weighted by Crippen LogP contribution is 2.40. The third-order valence-corrected chi connectivity index (χ3v) is 3.98. The first-order valence-corrected chi connectivity index (χ1v) is 7.67. The molecule has 20 heavy (non-hydrogen) atoms. The van der Waals surface area contributed by atoms with Crippen molar-refractivity contribution in [3.8, 4) is 11.4 Å². The summed E-state index contributed by atoms with van der Waals surface area (Å²) in [6.07, 6.45) is 1.61. The van der Waals surface area contributed by atoms with Gasteiger partial charge < -0.3 is 0 Å². The molecule has 1 fully saturated rings. The summed E-state index contributed by atoms with van der Waals surface area (Å²) in [5.41, 5.74) is 1.09. The topological polar surface area (TPSA) is 90.9 Å². The predicted molar refractivity (Wildman–Crippen MR) is 69.8 cm³/mol. The van der Waals surface area contributed by atoms with Crippen molar-refractivity contribution >= 4 is 10.0 Å². The third kappa shape index (κ3) is 2.20. The van der Waals surface area contributed by atoms with E-state index in [0.717, 1.165) is 18.4 Å². The number of nitrogens with zero attached hydrogens (tertiary/aromatic N) is 3. The lowest BCUT2D eigenvalue weighted by Crippen LogP contribution is -2.18. The zero-order chi connectivity index (χ0) is 14.5. The number of aromatic nitrogens is 3. The van der Waals surface area contributed by atoms with Gasteiger partial charge in [-0.1, -0.05) is 11.6 Å². The van der Waals surface area contributed by atoms with Gasteiger partial charge >= 0.3 is 0 Å². The smallest absolute Gasteiger partial charge is 0.273 e. The van der Waals surface area contributed by atoms with E-state index in [4.69, 9.17) is 5.14 Å². The van der Waals surface area contributed by atoms with E-state index in [2.05, 4.69) is 10.2 Å². The lowest BCUT2D eigenvalue weighted by molar-refractivity contribution is 0.566. The van der Waals surface area contributed by atoms with E-state index in [0.29, 0.717) is 0 Å². The van der Waals surface area contributed by atoms with Crippen LogP contribution in [-0.4, -0.2) is 23.2 Å². The summed E-state index contributed by atoms with van der Waals surface area (Å²) in [6.45, 7) is 1.82. The van der Waals surface area contributed by atoms with Crippen molar-refractivity contribution in [2.75, 3.05) is 0 Å². The molecular weight excluding hydrogens is 283 g/mol. The van der Waals surface area contributed by atoms with Crippen LogP contribution in [0, 0.1) is 12.7 Å². The normalized spacial score (nSPS) is 15.6. The number of primary sulfonamides is 1. The molecule has 3 rings (SSSR count). The second kappa shape index (κ2) is 4.35. The van der Waals surface area contributed by atoms with E-state index in [1.54, 1.807) is 12.1 Å².